The second-order valence-electron chi connectivity index (χ2n) is 6.88. The van der Waals surface area contributed by atoms with Gasteiger partial charge in [-0.05, 0) is 50.1 Å². The van der Waals surface area contributed by atoms with E-state index in [9.17, 15) is 9.59 Å². The van der Waals surface area contributed by atoms with Crippen LogP contribution in [0.5, 0.6) is 0 Å². The van der Waals surface area contributed by atoms with E-state index in [0.29, 0.717) is 17.3 Å². The SMILES string of the molecule is CC(OC(=O)c1cc(C2CC2)nn1-c1ccccc1)C(=O)Nc1ccccc1. The number of amides is 1. The third-order valence-corrected chi connectivity index (χ3v) is 4.63. The number of nitrogens with zero attached hydrogens (tertiary/aromatic N) is 2. The summed E-state index contributed by atoms with van der Waals surface area (Å²) >= 11 is 0. The monoisotopic (exact) mass is 375 g/mol. The van der Waals surface area contributed by atoms with Crippen LogP contribution in [0.1, 0.15) is 41.9 Å². The smallest absolute Gasteiger partial charge is 0.357 e. The van der Waals surface area contributed by atoms with Gasteiger partial charge < -0.3 is 10.1 Å². The Hall–Kier alpha value is -3.41. The maximum Gasteiger partial charge on any atom is 0.357 e. The summed E-state index contributed by atoms with van der Waals surface area (Å²) in [5.74, 6) is -0.554. The number of ether oxygens (including phenoxy) is 1. The van der Waals surface area contributed by atoms with Crippen LogP contribution >= 0.6 is 0 Å². The molecule has 0 spiro atoms. The lowest BCUT2D eigenvalue weighted by Gasteiger charge is -2.14. The van der Waals surface area contributed by atoms with Gasteiger partial charge in [-0.2, -0.15) is 5.10 Å². The first-order valence-electron chi connectivity index (χ1n) is 9.34. The van der Waals surface area contributed by atoms with Gasteiger partial charge in [0.25, 0.3) is 5.91 Å². The molecular formula is C22H21N3O3. The molecular weight excluding hydrogens is 354 g/mol. The maximum atomic E-state index is 12.8. The van der Waals surface area contributed by atoms with E-state index >= 15 is 0 Å². The van der Waals surface area contributed by atoms with Gasteiger partial charge in [0.15, 0.2) is 11.8 Å². The summed E-state index contributed by atoms with van der Waals surface area (Å²) in [6.07, 6.45) is 1.23. The molecule has 1 saturated carbocycles. The normalized spacial score (nSPS) is 14.3. The molecule has 0 bridgehead atoms. The second kappa shape index (κ2) is 7.68. The largest absolute Gasteiger partial charge is 0.448 e. The van der Waals surface area contributed by atoms with Crippen molar-refractivity contribution in [1.82, 2.24) is 9.78 Å². The zero-order chi connectivity index (χ0) is 19.5. The minimum Gasteiger partial charge on any atom is -0.448 e. The lowest BCUT2D eigenvalue weighted by molar-refractivity contribution is -0.123. The highest BCUT2D eigenvalue weighted by molar-refractivity contribution is 5.97. The summed E-state index contributed by atoms with van der Waals surface area (Å²) in [5.41, 5.74) is 2.65. The van der Waals surface area contributed by atoms with Crippen molar-refractivity contribution in [2.75, 3.05) is 5.32 Å². The minimum absolute atomic E-state index is 0.326. The molecule has 1 aliphatic rings. The molecule has 0 radical (unpaired) electrons. The van der Waals surface area contributed by atoms with Crippen molar-refractivity contribution >= 4 is 17.6 Å². The Morgan fingerprint density at radius 3 is 2.36 bits per heavy atom. The van der Waals surface area contributed by atoms with Gasteiger partial charge in [-0.25, -0.2) is 9.48 Å². The lowest BCUT2D eigenvalue weighted by atomic mass is 10.2. The summed E-state index contributed by atoms with van der Waals surface area (Å²) in [6, 6.07) is 20.3. The number of hydrogen-bond acceptors (Lipinski definition) is 4. The van der Waals surface area contributed by atoms with Crippen molar-refractivity contribution in [1.29, 1.82) is 0 Å². The number of benzene rings is 2. The van der Waals surface area contributed by atoms with Crippen molar-refractivity contribution in [2.45, 2.75) is 31.8 Å². The maximum absolute atomic E-state index is 12.8. The molecule has 1 amide bonds. The molecule has 0 aliphatic heterocycles. The predicted octanol–water partition coefficient (Wildman–Crippen LogP) is 3.93. The Morgan fingerprint density at radius 1 is 1.07 bits per heavy atom. The van der Waals surface area contributed by atoms with Crippen LogP contribution in [-0.2, 0) is 9.53 Å². The van der Waals surface area contributed by atoms with Crippen LogP contribution in [0.2, 0.25) is 0 Å². The zero-order valence-corrected chi connectivity index (χ0v) is 15.5. The van der Waals surface area contributed by atoms with E-state index in [-0.39, 0.29) is 5.91 Å². The topological polar surface area (TPSA) is 73.2 Å². The molecule has 1 aliphatic carbocycles. The molecule has 4 rings (SSSR count). The summed E-state index contributed by atoms with van der Waals surface area (Å²) in [5, 5.41) is 7.34. The summed E-state index contributed by atoms with van der Waals surface area (Å²) < 4.78 is 7.03. The van der Waals surface area contributed by atoms with E-state index < -0.39 is 12.1 Å². The number of para-hydroxylation sites is 2. The second-order valence-corrected chi connectivity index (χ2v) is 6.88. The third-order valence-electron chi connectivity index (χ3n) is 4.63. The number of aromatic nitrogens is 2. The molecule has 142 valence electrons. The molecule has 6 heteroatoms. The van der Waals surface area contributed by atoms with Crippen LogP contribution in [0.4, 0.5) is 5.69 Å². The molecule has 1 heterocycles. The highest BCUT2D eigenvalue weighted by Gasteiger charge is 2.30. The fraction of sp³-hybridized carbons (Fsp3) is 0.227. The van der Waals surface area contributed by atoms with Crippen LogP contribution < -0.4 is 5.32 Å². The Bertz CT molecular complexity index is 979. The minimum atomic E-state index is -0.934. The average Bonchev–Trinajstić information content (AvgIpc) is 3.47. The highest BCUT2D eigenvalue weighted by Crippen LogP contribution is 2.39. The number of esters is 1. The van der Waals surface area contributed by atoms with Gasteiger partial charge in [-0.1, -0.05) is 36.4 Å². The Balaban J connectivity index is 1.52. The molecule has 3 aromatic rings. The van der Waals surface area contributed by atoms with Crippen molar-refractivity contribution in [3.05, 3.63) is 78.1 Å². The van der Waals surface area contributed by atoms with Gasteiger partial charge in [0.05, 0.1) is 11.4 Å². The predicted molar refractivity (Wildman–Crippen MR) is 105 cm³/mol. The molecule has 1 N–H and O–H groups in total. The number of anilines is 1. The van der Waals surface area contributed by atoms with E-state index in [1.165, 1.54) is 0 Å². The number of hydrogen-bond donors (Lipinski definition) is 1. The van der Waals surface area contributed by atoms with Crippen LogP contribution in [-0.4, -0.2) is 27.8 Å². The Labute approximate surface area is 163 Å². The first-order valence-corrected chi connectivity index (χ1v) is 9.34. The van der Waals surface area contributed by atoms with Crippen LogP contribution in [0.3, 0.4) is 0 Å². The molecule has 0 saturated heterocycles. The Kier molecular flexibility index (Phi) is 4.93. The first-order chi connectivity index (χ1) is 13.6. The van der Waals surface area contributed by atoms with E-state index in [2.05, 4.69) is 10.4 Å². The summed E-state index contributed by atoms with van der Waals surface area (Å²) in [7, 11) is 0. The van der Waals surface area contributed by atoms with Gasteiger partial charge in [0, 0.05) is 11.6 Å². The Morgan fingerprint density at radius 2 is 1.71 bits per heavy atom. The van der Waals surface area contributed by atoms with Crippen molar-refractivity contribution < 1.29 is 14.3 Å². The fourth-order valence-corrected chi connectivity index (χ4v) is 2.93. The van der Waals surface area contributed by atoms with Crippen LogP contribution in [0, 0.1) is 0 Å². The van der Waals surface area contributed by atoms with E-state index in [4.69, 9.17) is 4.74 Å². The van der Waals surface area contributed by atoms with Crippen molar-refractivity contribution in [2.24, 2.45) is 0 Å². The quantitative estimate of drug-likeness (QED) is 0.663. The van der Waals surface area contributed by atoms with Gasteiger partial charge in [0.1, 0.15) is 0 Å². The number of rotatable bonds is 6. The molecule has 1 atom stereocenters. The van der Waals surface area contributed by atoms with Gasteiger partial charge in [0.2, 0.25) is 0 Å². The molecule has 6 nitrogen and oxygen atoms in total. The third kappa shape index (κ3) is 3.96. The molecule has 2 aromatic carbocycles. The zero-order valence-electron chi connectivity index (χ0n) is 15.5. The highest BCUT2D eigenvalue weighted by atomic mass is 16.5. The van der Waals surface area contributed by atoms with Gasteiger partial charge in [-0.15, -0.1) is 0 Å². The summed E-state index contributed by atoms with van der Waals surface area (Å²) in [6.45, 7) is 1.56. The van der Waals surface area contributed by atoms with E-state index in [1.54, 1.807) is 29.8 Å². The van der Waals surface area contributed by atoms with E-state index in [1.807, 2.05) is 48.5 Å². The summed E-state index contributed by atoms with van der Waals surface area (Å²) in [4.78, 5) is 25.1. The number of nitrogens with one attached hydrogen (secondary N) is 1. The lowest BCUT2D eigenvalue weighted by Crippen LogP contribution is -2.30. The fourth-order valence-electron chi connectivity index (χ4n) is 2.93. The molecule has 1 fully saturated rings. The van der Waals surface area contributed by atoms with Crippen LogP contribution in [0.25, 0.3) is 5.69 Å². The van der Waals surface area contributed by atoms with Crippen molar-refractivity contribution in [3.8, 4) is 5.69 Å². The first kappa shape index (κ1) is 18.0. The van der Waals surface area contributed by atoms with Gasteiger partial charge >= 0.3 is 5.97 Å². The molecule has 1 aromatic heterocycles. The standard InChI is InChI=1S/C22H21N3O3/c1-15(21(26)23-17-8-4-2-5-9-17)28-22(27)20-14-19(16-12-13-16)24-25(20)18-10-6-3-7-11-18/h2-11,14-16H,12-13H2,1H3,(H,23,26). The van der Waals surface area contributed by atoms with E-state index in [0.717, 1.165) is 24.2 Å². The molecule has 1 unspecified atom stereocenters. The van der Waals surface area contributed by atoms with Crippen LogP contribution in [0.15, 0.2) is 66.7 Å². The average molecular weight is 375 g/mol. The molecule has 28 heavy (non-hydrogen) atoms. The van der Waals surface area contributed by atoms with Crippen molar-refractivity contribution in [3.63, 3.8) is 0 Å². The number of carbonyl (C=O) groups is 2. The van der Waals surface area contributed by atoms with Gasteiger partial charge in [-0.3, -0.25) is 4.79 Å². The number of carbonyl (C=O) groups excluding carboxylic acids is 2.